The van der Waals surface area contributed by atoms with Gasteiger partial charge in [0.25, 0.3) is 5.91 Å². The Morgan fingerprint density at radius 1 is 1.48 bits per heavy atom. The van der Waals surface area contributed by atoms with Gasteiger partial charge in [0.05, 0.1) is 17.5 Å². The summed E-state index contributed by atoms with van der Waals surface area (Å²) in [5.41, 5.74) is 2.79. The molecule has 0 aliphatic heterocycles. The Morgan fingerprint density at radius 3 is 2.95 bits per heavy atom. The highest BCUT2D eigenvalue weighted by molar-refractivity contribution is 5.95. The smallest absolute Gasteiger partial charge is 0.272 e. The van der Waals surface area contributed by atoms with Crippen LogP contribution in [0.2, 0.25) is 0 Å². The second kappa shape index (κ2) is 5.05. The maximum atomic E-state index is 12.5. The number of fused-ring (bicyclic) bond motifs is 1. The number of nitrogens with zero attached hydrogens (tertiary/aromatic N) is 4. The molecule has 3 rings (SSSR count). The fourth-order valence-electron chi connectivity index (χ4n) is 2.30. The molecule has 0 saturated carbocycles. The number of oxazole rings is 1. The van der Waals surface area contributed by atoms with Gasteiger partial charge in [-0.2, -0.15) is 0 Å². The normalized spacial score (nSPS) is 11.0. The van der Waals surface area contributed by atoms with Crippen molar-refractivity contribution in [3.63, 3.8) is 0 Å². The van der Waals surface area contributed by atoms with Crippen LogP contribution in [0.4, 0.5) is 0 Å². The van der Waals surface area contributed by atoms with E-state index in [1.807, 2.05) is 36.6 Å². The van der Waals surface area contributed by atoms with Gasteiger partial charge in [0, 0.05) is 19.8 Å². The van der Waals surface area contributed by atoms with Crippen molar-refractivity contribution in [2.45, 2.75) is 13.8 Å². The SMILES string of the molecule is CCN(C)C(=O)c1c(C)nc2c(-c3cnco3)cccn12. The van der Waals surface area contributed by atoms with E-state index in [1.54, 1.807) is 18.1 Å². The van der Waals surface area contributed by atoms with E-state index in [-0.39, 0.29) is 5.91 Å². The maximum Gasteiger partial charge on any atom is 0.272 e. The van der Waals surface area contributed by atoms with Crippen molar-refractivity contribution in [1.82, 2.24) is 19.3 Å². The first kappa shape index (κ1) is 13.4. The van der Waals surface area contributed by atoms with E-state index in [0.29, 0.717) is 29.3 Å². The largest absolute Gasteiger partial charge is 0.443 e. The summed E-state index contributed by atoms with van der Waals surface area (Å²) in [6.07, 6.45) is 4.86. The van der Waals surface area contributed by atoms with Gasteiger partial charge in [-0.1, -0.05) is 0 Å². The fourth-order valence-corrected chi connectivity index (χ4v) is 2.30. The molecule has 6 nitrogen and oxygen atoms in total. The highest BCUT2D eigenvalue weighted by Crippen LogP contribution is 2.25. The van der Waals surface area contributed by atoms with Crippen LogP contribution in [0.5, 0.6) is 0 Å². The molecular weight excluding hydrogens is 268 g/mol. The highest BCUT2D eigenvalue weighted by Gasteiger charge is 2.21. The van der Waals surface area contributed by atoms with Crippen LogP contribution < -0.4 is 0 Å². The predicted octanol–water partition coefficient (Wildman–Crippen LogP) is 2.39. The van der Waals surface area contributed by atoms with Crippen molar-refractivity contribution in [3.05, 3.63) is 42.3 Å². The number of aryl methyl sites for hydroxylation is 1. The minimum Gasteiger partial charge on any atom is -0.443 e. The Kier molecular flexibility index (Phi) is 3.21. The van der Waals surface area contributed by atoms with Gasteiger partial charge in [0.2, 0.25) is 0 Å². The van der Waals surface area contributed by atoms with Crippen molar-refractivity contribution in [3.8, 4) is 11.3 Å². The summed E-state index contributed by atoms with van der Waals surface area (Å²) in [4.78, 5) is 22.6. The number of amides is 1. The lowest BCUT2D eigenvalue weighted by atomic mass is 10.2. The quantitative estimate of drug-likeness (QED) is 0.740. The van der Waals surface area contributed by atoms with Crippen molar-refractivity contribution in [2.75, 3.05) is 13.6 Å². The molecule has 3 aromatic rings. The standard InChI is InChI=1S/C15H16N4O2/c1-4-18(3)15(20)13-10(2)17-14-11(6-5-7-19(13)14)12-8-16-9-21-12/h5-9H,4H2,1-3H3. The van der Waals surface area contributed by atoms with Crippen LogP contribution in [0.15, 0.2) is 35.3 Å². The summed E-state index contributed by atoms with van der Waals surface area (Å²) in [5, 5.41) is 0. The van der Waals surface area contributed by atoms with Crippen molar-refractivity contribution in [1.29, 1.82) is 0 Å². The minimum absolute atomic E-state index is 0.0442. The summed E-state index contributed by atoms with van der Waals surface area (Å²) < 4.78 is 7.15. The van der Waals surface area contributed by atoms with Crippen LogP contribution in [0.3, 0.4) is 0 Å². The molecule has 21 heavy (non-hydrogen) atoms. The molecule has 3 aromatic heterocycles. The van der Waals surface area contributed by atoms with Crippen molar-refractivity contribution < 1.29 is 9.21 Å². The third kappa shape index (κ3) is 2.08. The van der Waals surface area contributed by atoms with Crippen molar-refractivity contribution >= 4 is 11.6 Å². The molecule has 0 bridgehead atoms. The zero-order chi connectivity index (χ0) is 15.0. The number of pyridine rings is 1. The van der Waals surface area contributed by atoms with E-state index in [1.165, 1.54) is 6.39 Å². The zero-order valence-electron chi connectivity index (χ0n) is 12.2. The average Bonchev–Trinajstić information content (AvgIpc) is 3.11. The first-order valence-electron chi connectivity index (χ1n) is 6.75. The number of hydrogen-bond acceptors (Lipinski definition) is 4. The summed E-state index contributed by atoms with van der Waals surface area (Å²) >= 11 is 0. The Balaban J connectivity index is 2.23. The van der Waals surface area contributed by atoms with E-state index >= 15 is 0 Å². The fraction of sp³-hybridized carbons (Fsp3) is 0.267. The Labute approximate surface area is 122 Å². The van der Waals surface area contributed by atoms with Gasteiger partial charge in [-0.3, -0.25) is 9.20 Å². The summed E-state index contributed by atoms with van der Waals surface area (Å²) in [5.74, 6) is 0.589. The Morgan fingerprint density at radius 2 is 2.29 bits per heavy atom. The second-order valence-corrected chi connectivity index (χ2v) is 4.85. The number of rotatable bonds is 3. The maximum absolute atomic E-state index is 12.5. The molecule has 0 aromatic carbocycles. The first-order chi connectivity index (χ1) is 10.1. The molecule has 0 radical (unpaired) electrons. The average molecular weight is 284 g/mol. The second-order valence-electron chi connectivity index (χ2n) is 4.85. The molecule has 6 heteroatoms. The predicted molar refractivity (Wildman–Crippen MR) is 78.1 cm³/mol. The molecule has 0 unspecified atom stereocenters. The Bertz CT molecular complexity index is 789. The van der Waals surface area contributed by atoms with E-state index in [2.05, 4.69) is 9.97 Å². The first-order valence-corrected chi connectivity index (χ1v) is 6.75. The van der Waals surface area contributed by atoms with Crippen LogP contribution in [0.25, 0.3) is 17.0 Å². The summed E-state index contributed by atoms with van der Waals surface area (Å²) in [6.45, 7) is 4.43. The van der Waals surface area contributed by atoms with E-state index in [9.17, 15) is 4.79 Å². The molecule has 0 aliphatic carbocycles. The molecule has 108 valence electrons. The zero-order valence-corrected chi connectivity index (χ0v) is 12.2. The van der Waals surface area contributed by atoms with E-state index in [4.69, 9.17) is 4.42 Å². The van der Waals surface area contributed by atoms with Gasteiger partial charge in [0.15, 0.2) is 12.2 Å². The van der Waals surface area contributed by atoms with Gasteiger partial charge in [-0.25, -0.2) is 9.97 Å². The van der Waals surface area contributed by atoms with E-state index < -0.39 is 0 Å². The van der Waals surface area contributed by atoms with Gasteiger partial charge < -0.3 is 9.32 Å². The topological polar surface area (TPSA) is 63.6 Å². The van der Waals surface area contributed by atoms with Gasteiger partial charge in [-0.05, 0) is 26.0 Å². The molecule has 1 amide bonds. The van der Waals surface area contributed by atoms with Gasteiger partial charge in [0.1, 0.15) is 11.3 Å². The minimum atomic E-state index is -0.0442. The molecule has 3 heterocycles. The molecular formula is C15H16N4O2. The molecule has 0 atom stereocenters. The molecule has 0 saturated heterocycles. The van der Waals surface area contributed by atoms with Crippen LogP contribution in [0, 0.1) is 6.92 Å². The van der Waals surface area contributed by atoms with Gasteiger partial charge >= 0.3 is 0 Å². The van der Waals surface area contributed by atoms with Crippen molar-refractivity contribution in [2.24, 2.45) is 0 Å². The summed E-state index contributed by atoms with van der Waals surface area (Å²) in [7, 11) is 1.78. The molecule has 0 spiro atoms. The van der Waals surface area contributed by atoms with Crippen LogP contribution in [-0.2, 0) is 0 Å². The number of imidazole rings is 1. The number of carbonyl (C=O) groups excluding carboxylic acids is 1. The lowest BCUT2D eigenvalue weighted by molar-refractivity contribution is 0.0795. The monoisotopic (exact) mass is 284 g/mol. The highest BCUT2D eigenvalue weighted by atomic mass is 16.3. The van der Waals surface area contributed by atoms with Gasteiger partial charge in [-0.15, -0.1) is 0 Å². The Hall–Kier alpha value is -2.63. The molecule has 0 aliphatic rings. The lowest BCUT2D eigenvalue weighted by Crippen LogP contribution is -2.28. The third-order valence-electron chi connectivity index (χ3n) is 3.55. The van der Waals surface area contributed by atoms with E-state index in [0.717, 1.165) is 5.56 Å². The summed E-state index contributed by atoms with van der Waals surface area (Å²) in [6, 6.07) is 3.77. The number of hydrogen-bond donors (Lipinski definition) is 0. The number of carbonyl (C=O) groups is 1. The van der Waals surface area contributed by atoms with Crippen LogP contribution in [-0.4, -0.2) is 38.8 Å². The molecule has 0 fully saturated rings. The number of aromatic nitrogens is 3. The third-order valence-corrected chi connectivity index (χ3v) is 3.55. The van der Waals surface area contributed by atoms with Crippen LogP contribution in [0.1, 0.15) is 23.1 Å². The lowest BCUT2D eigenvalue weighted by Gasteiger charge is -2.14. The van der Waals surface area contributed by atoms with Crippen LogP contribution >= 0.6 is 0 Å². The molecule has 0 N–H and O–H groups in total.